The van der Waals surface area contributed by atoms with Crippen LogP contribution in [0.2, 0.25) is 0 Å². The predicted octanol–water partition coefficient (Wildman–Crippen LogP) is 2.33. The van der Waals surface area contributed by atoms with E-state index in [4.69, 9.17) is 5.11 Å². The van der Waals surface area contributed by atoms with Gasteiger partial charge in [-0.25, -0.2) is 9.31 Å². The lowest BCUT2D eigenvalue weighted by atomic mass is 9.87. The van der Waals surface area contributed by atoms with Crippen molar-refractivity contribution in [2.45, 2.75) is 26.2 Å². The second-order valence-electron chi connectivity index (χ2n) is 4.87. The third-order valence-electron chi connectivity index (χ3n) is 2.55. The van der Waals surface area contributed by atoms with E-state index >= 15 is 0 Å². The van der Waals surface area contributed by atoms with E-state index in [1.807, 2.05) is 12.1 Å². The van der Waals surface area contributed by atoms with Crippen LogP contribution in [0.3, 0.4) is 0 Å². The van der Waals surface area contributed by atoms with Crippen LogP contribution in [-0.4, -0.2) is 20.7 Å². The standard InChI is InChI=1S/C12H14N2O2/c1-12(2,3)8-4-5-14-9(6-8)7-10(13-14)11(15)16/h4-7H,1-3H3,(H,15,16). The molecular weight excluding hydrogens is 204 g/mol. The molecule has 0 spiro atoms. The third-order valence-corrected chi connectivity index (χ3v) is 2.55. The molecule has 84 valence electrons. The van der Waals surface area contributed by atoms with E-state index in [1.54, 1.807) is 16.8 Å². The molecule has 0 radical (unpaired) electrons. The van der Waals surface area contributed by atoms with Gasteiger partial charge in [-0.15, -0.1) is 0 Å². The molecule has 0 unspecified atom stereocenters. The number of hydrogen-bond acceptors (Lipinski definition) is 2. The van der Waals surface area contributed by atoms with Gasteiger partial charge in [0.05, 0.1) is 5.52 Å². The number of fused-ring (bicyclic) bond motifs is 1. The predicted molar refractivity (Wildman–Crippen MR) is 60.9 cm³/mol. The van der Waals surface area contributed by atoms with E-state index in [2.05, 4.69) is 25.9 Å². The summed E-state index contributed by atoms with van der Waals surface area (Å²) in [5.74, 6) is -0.999. The van der Waals surface area contributed by atoms with Crippen LogP contribution in [-0.2, 0) is 5.41 Å². The van der Waals surface area contributed by atoms with Gasteiger partial charge < -0.3 is 5.11 Å². The first-order valence-electron chi connectivity index (χ1n) is 5.11. The van der Waals surface area contributed by atoms with Crippen molar-refractivity contribution in [2.24, 2.45) is 0 Å². The lowest BCUT2D eigenvalue weighted by Crippen LogP contribution is -2.11. The molecule has 4 nitrogen and oxygen atoms in total. The highest BCUT2D eigenvalue weighted by Gasteiger charge is 2.15. The van der Waals surface area contributed by atoms with Gasteiger partial charge >= 0.3 is 5.97 Å². The Morgan fingerprint density at radius 2 is 2.06 bits per heavy atom. The van der Waals surface area contributed by atoms with Crippen LogP contribution >= 0.6 is 0 Å². The van der Waals surface area contributed by atoms with E-state index in [-0.39, 0.29) is 11.1 Å². The summed E-state index contributed by atoms with van der Waals surface area (Å²) in [5, 5.41) is 12.8. The molecule has 2 rings (SSSR count). The van der Waals surface area contributed by atoms with Gasteiger partial charge in [-0.1, -0.05) is 20.8 Å². The Kier molecular flexibility index (Phi) is 2.22. The SMILES string of the molecule is CC(C)(C)c1ccn2nc(C(=O)O)cc2c1. The molecule has 0 fully saturated rings. The topological polar surface area (TPSA) is 54.6 Å². The molecule has 0 aliphatic rings. The van der Waals surface area contributed by atoms with Crippen LogP contribution in [0, 0.1) is 0 Å². The van der Waals surface area contributed by atoms with Crippen molar-refractivity contribution < 1.29 is 9.90 Å². The number of carboxylic acids is 1. The lowest BCUT2D eigenvalue weighted by molar-refractivity contribution is 0.0690. The van der Waals surface area contributed by atoms with Crippen molar-refractivity contribution in [3.63, 3.8) is 0 Å². The minimum Gasteiger partial charge on any atom is -0.476 e. The van der Waals surface area contributed by atoms with Crippen molar-refractivity contribution in [2.75, 3.05) is 0 Å². The second kappa shape index (κ2) is 3.33. The Bertz CT molecular complexity index is 550. The van der Waals surface area contributed by atoms with E-state index in [0.717, 1.165) is 11.1 Å². The van der Waals surface area contributed by atoms with Gasteiger partial charge in [0, 0.05) is 6.20 Å². The van der Waals surface area contributed by atoms with Gasteiger partial charge in [-0.3, -0.25) is 0 Å². The van der Waals surface area contributed by atoms with Crippen molar-refractivity contribution in [3.8, 4) is 0 Å². The maximum atomic E-state index is 10.8. The molecule has 0 saturated carbocycles. The van der Waals surface area contributed by atoms with E-state index < -0.39 is 5.97 Å². The highest BCUT2D eigenvalue weighted by Crippen LogP contribution is 2.23. The molecule has 2 aromatic heterocycles. The summed E-state index contributed by atoms with van der Waals surface area (Å²) in [5.41, 5.74) is 2.10. The van der Waals surface area contributed by atoms with Crippen LogP contribution in [0.1, 0.15) is 36.8 Å². The highest BCUT2D eigenvalue weighted by molar-refractivity contribution is 5.87. The summed E-state index contributed by atoms with van der Waals surface area (Å²) >= 11 is 0. The summed E-state index contributed by atoms with van der Waals surface area (Å²) in [4.78, 5) is 10.8. The maximum Gasteiger partial charge on any atom is 0.356 e. The molecule has 2 heterocycles. The summed E-state index contributed by atoms with van der Waals surface area (Å²) in [6.07, 6.45) is 1.79. The molecule has 4 heteroatoms. The summed E-state index contributed by atoms with van der Waals surface area (Å²) in [7, 11) is 0. The largest absolute Gasteiger partial charge is 0.476 e. The molecule has 0 amide bonds. The zero-order chi connectivity index (χ0) is 11.9. The number of rotatable bonds is 1. The zero-order valence-electron chi connectivity index (χ0n) is 9.56. The van der Waals surface area contributed by atoms with Gasteiger partial charge in [-0.05, 0) is 29.2 Å². The van der Waals surface area contributed by atoms with Crippen molar-refractivity contribution >= 4 is 11.5 Å². The fourth-order valence-corrected chi connectivity index (χ4v) is 1.57. The summed E-state index contributed by atoms with van der Waals surface area (Å²) in [6.45, 7) is 6.36. The Morgan fingerprint density at radius 1 is 1.38 bits per heavy atom. The van der Waals surface area contributed by atoms with E-state index in [1.165, 1.54) is 0 Å². The highest BCUT2D eigenvalue weighted by atomic mass is 16.4. The molecular formula is C12H14N2O2. The van der Waals surface area contributed by atoms with Crippen LogP contribution < -0.4 is 0 Å². The van der Waals surface area contributed by atoms with Crippen molar-refractivity contribution in [1.82, 2.24) is 9.61 Å². The van der Waals surface area contributed by atoms with Gasteiger partial charge in [-0.2, -0.15) is 5.10 Å². The fraction of sp³-hybridized carbons (Fsp3) is 0.333. The Morgan fingerprint density at radius 3 is 2.62 bits per heavy atom. The summed E-state index contributed by atoms with van der Waals surface area (Å²) < 4.78 is 1.58. The van der Waals surface area contributed by atoms with Crippen LogP contribution in [0.5, 0.6) is 0 Å². The van der Waals surface area contributed by atoms with Crippen LogP contribution in [0.4, 0.5) is 0 Å². The third kappa shape index (κ3) is 1.78. The smallest absolute Gasteiger partial charge is 0.356 e. The van der Waals surface area contributed by atoms with Gasteiger partial charge in [0.25, 0.3) is 0 Å². The molecule has 0 aliphatic carbocycles. The van der Waals surface area contributed by atoms with Gasteiger partial charge in [0.2, 0.25) is 0 Å². The molecule has 0 bridgehead atoms. The van der Waals surface area contributed by atoms with Crippen molar-refractivity contribution in [3.05, 3.63) is 35.7 Å². The lowest BCUT2D eigenvalue weighted by Gasteiger charge is -2.18. The first-order valence-corrected chi connectivity index (χ1v) is 5.11. The van der Waals surface area contributed by atoms with Crippen molar-refractivity contribution in [1.29, 1.82) is 0 Å². The number of carboxylic acid groups (broad SMARTS) is 1. The molecule has 0 aromatic carbocycles. The summed E-state index contributed by atoms with van der Waals surface area (Å²) in [6, 6.07) is 5.52. The number of nitrogens with zero attached hydrogens (tertiary/aromatic N) is 2. The minimum atomic E-state index is -0.999. The minimum absolute atomic E-state index is 0.0510. The normalized spacial score (nSPS) is 11.9. The molecule has 0 atom stereocenters. The Labute approximate surface area is 93.5 Å². The Balaban J connectivity index is 2.58. The number of carbonyl (C=O) groups is 1. The van der Waals surface area contributed by atoms with E-state index in [0.29, 0.717) is 0 Å². The molecule has 16 heavy (non-hydrogen) atoms. The number of pyridine rings is 1. The van der Waals surface area contributed by atoms with Crippen LogP contribution in [0.15, 0.2) is 24.4 Å². The van der Waals surface area contributed by atoms with Gasteiger partial charge in [0.1, 0.15) is 0 Å². The van der Waals surface area contributed by atoms with E-state index in [9.17, 15) is 4.79 Å². The quantitative estimate of drug-likeness (QED) is 0.799. The fourth-order valence-electron chi connectivity index (χ4n) is 1.57. The first kappa shape index (κ1) is 10.7. The average Bonchev–Trinajstić information content (AvgIpc) is 2.58. The van der Waals surface area contributed by atoms with Gasteiger partial charge in [0.15, 0.2) is 5.69 Å². The molecule has 0 saturated heterocycles. The molecule has 2 aromatic rings. The monoisotopic (exact) mass is 218 g/mol. The average molecular weight is 218 g/mol. The van der Waals surface area contributed by atoms with Crippen LogP contribution in [0.25, 0.3) is 5.52 Å². The first-order chi connectivity index (χ1) is 7.38. The maximum absolute atomic E-state index is 10.8. The zero-order valence-corrected chi connectivity index (χ0v) is 9.56. The molecule has 1 N–H and O–H groups in total. The number of aromatic carboxylic acids is 1. The number of hydrogen-bond donors (Lipinski definition) is 1. The number of aromatic nitrogens is 2. The Hall–Kier alpha value is -1.84. The molecule has 0 aliphatic heterocycles. The second-order valence-corrected chi connectivity index (χ2v) is 4.87.